The third kappa shape index (κ3) is 4.51. The van der Waals surface area contributed by atoms with Gasteiger partial charge < -0.3 is 15.6 Å². The van der Waals surface area contributed by atoms with E-state index < -0.39 is 11.8 Å². The number of azide groups is 1. The lowest BCUT2D eigenvalue weighted by atomic mass is 10.4. The van der Waals surface area contributed by atoms with Crippen LogP contribution < -0.4 is 11.4 Å². The van der Waals surface area contributed by atoms with Crippen molar-refractivity contribution in [1.82, 2.24) is 9.55 Å². The zero-order chi connectivity index (χ0) is 12.7. The van der Waals surface area contributed by atoms with Crippen LogP contribution >= 0.6 is 0 Å². The van der Waals surface area contributed by atoms with Crippen molar-refractivity contribution in [1.29, 1.82) is 0 Å². The van der Waals surface area contributed by atoms with E-state index in [0.29, 0.717) is 0 Å². The van der Waals surface area contributed by atoms with Gasteiger partial charge in [0.2, 0.25) is 0 Å². The van der Waals surface area contributed by atoms with Crippen molar-refractivity contribution in [3.8, 4) is 0 Å². The lowest BCUT2D eigenvalue weighted by Crippen LogP contribution is -2.26. The molecule has 1 unspecified atom stereocenters. The van der Waals surface area contributed by atoms with E-state index in [9.17, 15) is 9.90 Å². The minimum absolute atomic E-state index is 0.0458. The Bertz CT molecular complexity index is 467. The number of hydrogen-bond donors (Lipinski definition) is 2. The fourth-order valence-corrected chi connectivity index (χ4v) is 1.01. The molecule has 0 bridgehead atoms. The Labute approximate surface area is 96.1 Å². The monoisotopic (exact) mass is 240 g/mol. The minimum atomic E-state index is -0.900. The van der Waals surface area contributed by atoms with Gasteiger partial charge in [-0.25, -0.2) is 4.79 Å². The number of nitrogens with two attached hydrogens (primary N) is 1. The Balaban J connectivity index is 2.40. The molecule has 9 heteroatoms. The van der Waals surface area contributed by atoms with Crippen molar-refractivity contribution in [3.63, 3.8) is 0 Å². The van der Waals surface area contributed by atoms with Crippen LogP contribution in [-0.2, 0) is 11.5 Å². The average molecular weight is 240 g/mol. The van der Waals surface area contributed by atoms with Gasteiger partial charge in [-0.05, 0) is 11.6 Å². The summed E-state index contributed by atoms with van der Waals surface area (Å²) in [5.74, 6) is 0.134. The second kappa shape index (κ2) is 6.48. The molecule has 0 saturated carbocycles. The molecule has 1 heterocycles. The first-order valence-electron chi connectivity index (χ1n) is 4.73. The Morgan fingerprint density at radius 3 is 3.18 bits per heavy atom. The molecule has 17 heavy (non-hydrogen) atoms. The summed E-state index contributed by atoms with van der Waals surface area (Å²) in [6.07, 6.45) is 0.535. The van der Waals surface area contributed by atoms with E-state index in [2.05, 4.69) is 15.0 Å². The van der Waals surface area contributed by atoms with Crippen LogP contribution in [0.2, 0.25) is 0 Å². The summed E-state index contributed by atoms with van der Waals surface area (Å²) in [4.78, 5) is 17.2. The first-order valence-corrected chi connectivity index (χ1v) is 4.73. The highest BCUT2D eigenvalue weighted by Gasteiger charge is 2.03. The number of aromatic nitrogens is 2. The summed E-state index contributed by atoms with van der Waals surface area (Å²) in [5.41, 5.74) is 12.8. The molecule has 0 radical (unpaired) electrons. The van der Waals surface area contributed by atoms with Crippen LogP contribution in [-0.4, -0.2) is 33.9 Å². The summed E-state index contributed by atoms with van der Waals surface area (Å²) in [6.45, 7) is -0.180. The molecular weight excluding hydrogens is 228 g/mol. The van der Waals surface area contributed by atoms with Crippen molar-refractivity contribution >= 4 is 5.82 Å². The third-order valence-corrected chi connectivity index (χ3v) is 1.79. The smallest absolute Gasteiger partial charge is 0.351 e. The zero-order valence-corrected chi connectivity index (χ0v) is 8.93. The molecule has 1 aromatic rings. The highest BCUT2D eigenvalue weighted by atomic mass is 16.5. The van der Waals surface area contributed by atoms with Crippen LogP contribution in [0.4, 0.5) is 5.82 Å². The van der Waals surface area contributed by atoms with Gasteiger partial charge in [0.05, 0.1) is 19.3 Å². The van der Waals surface area contributed by atoms with Gasteiger partial charge in [-0.3, -0.25) is 4.57 Å². The predicted molar refractivity (Wildman–Crippen MR) is 58.9 cm³/mol. The lowest BCUT2D eigenvalue weighted by molar-refractivity contribution is 0.00727. The number of rotatable bonds is 6. The second-order valence-corrected chi connectivity index (χ2v) is 3.17. The van der Waals surface area contributed by atoms with Crippen molar-refractivity contribution in [2.24, 2.45) is 5.11 Å². The van der Waals surface area contributed by atoms with Crippen molar-refractivity contribution in [3.05, 3.63) is 33.2 Å². The Kier molecular flexibility index (Phi) is 4.95. The Morgan fingerprint density at radius 2 is 2.53 bits per heavy atom. The van der Waals surface area contributed by atoms with E-state index in [1.165, 1.54) is 16.8 Å². The lowest BCUT2D eigenvalue weighted by Gasteiger charge is -2.09. The molecule has 0 saturated heterocycles. The van der Waals surface area contributed by atoms with Crippen LogP contribution in [0.25, 0.3) is 10.4 Å². The van der Waals surface area contributed by atoms with Crippen molar-refractivity contribution in [2.75, 3.05) is 18.9 Å². The molecule has 0 aliphatic rings. The van der Waals surface area contributed by atoms with Gasteiger partial charge in [-0.1, -0.05) is 5.11 Å². The van der Waals surface area contributed by atoms with Crippen LogP contribution in [0.3, 0.4) is 0 Å². The molecule has 1 atom stereocenters. The van der Waals surface area contributed by atoms with E-state index in [-0.39, 0.29) is 25.7 Å². The number of hydrogen-bond acceptors (Lipinski definition) is 6. The predicted octanol–water partition coefficient (Wildman–Crippen LogP) is -0.529. The summed E-state index contributed by atoms with van der Waals surface area (Å²) in [5, 5.41) is 12.4. The normalized spacial score (nSPS) is 11.8. The number of aliphatic hydroxyl groups is 1. The van der Waals surface area contributed by atoms with Crippen LogP contribution in [0, 0.1) is 0 Å². The van der Waals surface area contributed by atoms with Crippen molar-refractivity contribution < 1.29 is 9.84 Å². The van der Waals surface area contributed by atoms with Gasteiger partial charge >= 0.3 is 5.69 Å². The molecule has 1 aromatic heterocycles. The highest BCUT2D eigenvalue weighted by molar-refractivity contribution is 5.23. The maximum atomic E-state index is 11.3. The fourth-order valence-electron chi connectivity index (χ4n) is 1.01. The molecular formula is C8H12N6O3. The third-order valence-electron chi connectivity index (χ3n) is 1.79. The molecule has 0 aromatic carbocycles. The fraction of sp³-hybridized carbons (Fsp3) is 0.500. The minimum Gasteiger partial charge on any atom is -0.391 e. The van der Waals surface area contributed by atoms with Gasteiger partial charge in [-0.15, -0.1) is 0 Å². The van der Waals surface area contributed by atoms with Crippen molar-refractivity contribution in [2.45, 2.75) is 12.8 Å². The summed E-state index contributed by atoms with van der Waals surface area (Å²) in [7, 11) is 0. The maximum Gasteiger partial charge on any atom is 0.351 e. The quantitative estimate of drug-likeness (QED) is 0.391. The van der Waals surface area contributed by atoms with E-state index in [1.807, 2.05) is 0 Å². The molecule has 0 aliphatic carbocycles. The molecule has 1 rings (SSSR count). The molecule has 0 spiro atoms. The van der Waals surface area contributed by atoms with E-state index in [4.69, 9.17) is 16.0 Å². The number of nitrogen functional groups attached to an aromatic ring is 1. The first-order chi connectivity index (χ1) is 8.13. The summed E-state index contributed by atoms with van der Waals surface area (Å²) in [6, 6.07) is 1.46. The van der Waals surface area contributed by atoms with E-state index >= 15 is 0 Å². The molecule has 92 valence electrons. The highest BCUT2D eigenvalue weighted by Crippen LogP contribution is 1.92. The van der Waals surface area contributed by atoms with E-state index in [0.717, 1.165) is 0 Å². The topological polar surface area (TPSA) is 139 Å². The molecule has 0 amide bonds. The number of ether oxygens (including phenoxy) is 1. The largest absolute Gasteiger partial charge is 0.391 e. The van der Waals surface area contributed by atoms with Gasteiger partial charge in [-0.2, -0.15) is 4.98 Å². The molecule has 9 nitrogen and oxygen atoms in total. The van der Waals surface area contributed by atoms with Gasteiger partial charge in [0.25, 0.3) is 0 Å². The zero-order valence-electron chi connectivity index (χ0n) is 8.93. The summed E-state index contributed by atoms with van der Waals surface area (Å²) < 4.78 is 6.24. The second-order valence-electron chi connectivity index (χ2n) is 3.17. The van der Waals surface area contributed by atoms with Gasteiger partial charge in [0.15, 0.2) is 0 Å². The molecule has 0 fully saturated rings. The molecule has 3 N–H and O–H groups in total. The van der Waals surface area contributed by atoms with Crippen LogP contribution in [0.15, 0.2) is 22.2 Å². The van der Waals surface area contributed by atoms with Gasteiger partial charge in [0.1, 0.15) is 12.5 Å². The number of anilines is 1. The van der Waals surface area contributed by atoms with Gasteiger partial charge in [0, 0.05) is 11.1 Å². The maximum absolute atomic E-state index is 11.3. The average Bonchev–Trinajstić information content (AvgIpc) is 2.29. The van der Waals surface area contributed by atoms with E-state index in [1.54, 1.807) is 0 Å². The number of aliphatic hydroxyl groups excluding tert-OH is 1. The summed E-state index contributed by atoms with van der Waals surface area (Å²) >= 11 is 0. The number of nitrogens with zero attached hydrogens (tertiary/aromatic N) is 5. The SMILES string of the molecule is [N-]=[N+]=NCC(O)COCn1ccc(N)nc1=O. The standard InChI is InChI=1S/C8H12N6O3/c9-7-1-2-14(8(16)12-7)5-17-4-6(15)3-11-13-10/h1-2,6,15H,3-5H2,(H2,9,12,16). The van der Waals surface area contributed by atoms with Crippen LogP contribution in [0.1, 0.15) is 0 Å². The van der Waals surface area contributed by atoms with Crippen LogP contribution in [0.5, 0.6) is 0 Å². The first kappa shape index (κ1) is 13.0. The Morgan fingerprint density at radius 1 is 1.76 bits per heavy atom. The Hall–Kier alpha value is -2.09. The molecule has 0 aliphatic heterocycles.